The largest absolute Gasteiger partial charge is 0.497 e. The molecule has 1 atom stereocenters. The Morgan fingerprint density at radius 1 is 1.24 bits per heavy atom. The maximum Gasteiger partial charge on any atom is 0.323 e. The van der Waals surface area contributed by atoms with Gasteiger partial charge in [-0.15, -0.1) is 0 Å². The van der Waals surface area contributed by atoms with Crippen molar-refractivity contribution in [1.82, 2.24) is 20.5 Å². The summed E-state index contributed by atoms with van der Waals surface area (Å²) in [4.78, 5) is 43.8. The number of imide groups is 1. The molecule has 0 spiro atoms. The Kier molecular flexibility index (Phi) is 4.91. The number of benzene rings is 2. The number of carbonyl (C=O) groups is 3. The van der Waals surface area contributed by atoms with Gasteiger partial charge in [-0.25, -0.2) is 9.78 Å². The van der Waals surface area contributed by atoms with E-state index in [0.29, 0.717) is 23.4 Å². The monoisotopic (exact) mass is 461 g/mol. The Morgan fingerprint density at radius 3 is 2.82 bits per heavy atom. The molecule has 3 heterocycles. The average Bonchev–Trinajstić information content (AvgIpc) is 3.45. The molecule has 9 nitrogen and oxygen atoms in total. The smallest absolute Gasteiger partial charge is 0.323 e. The lowest BCUT2D eigenvalue weighted by Crippen LogP contribution is -2.54. The molecule has 10 heteroatoms. The number of nitrogens with one attached hydrogen (secondary N) is 3. The number of ether oxygens (including phenoxy) is 1. The van der Waals surface area contributed by atoms with Crippen molar-refractivity contribution in [2.24, 2.45) is 0 Å². The van der Waals surface area contributed by atoms with E-state index in [1.165, 1.54) is 23.3 Å². The van der Waals surface area contributed by atoms with Crippen LogP contribution in [0.5, 0.6) is 5.75 Å². The molecule has 0 unspecified atom stereocenters. The third-order valence-corrected chi connectivity index (χ3v) is 6.64. The summed E-state index contributed by atoms with van der Waals surface area (Å²) in [5, 5.41) is 8.67. The Balaban J connectivity index is 1.46. The molecule has 5 rings (SSSR count). The van der Waals surface area contributed by atoms with E-state index in [0.717, 1.165) is 20.9 Å². The Labute approximate surface area is 193 Å². The van der Waals surface area contributed by atoms with Gasteiger partial charge in [0.15, 0.2) is 5.13 Å². The predicted molar refractivity (Wildman–Crippen MR) is 123 cm³/mol. The van der Waals surface area contributed by atoms with Gasteiger partial charge in [-0.1, -0.05) is 29.2 Å². The fourth-order valence-corrected chi connectivity index (χ4v) is 4.70. The maximum absolute atomic E-state index is 13.0. The van der Waals surface area contributed by atoms with Crippen LogP contribution in [0.25, 0.3) is 10.2 Å². The number of urea groups is 1. The SMILES string of the molecule is CNc1nc2cc(C#C[C@]3(CN4Cc5ccc(OC)cc5C4=O)NC(=O)NC3=O)ccc2s1. The van der Waals surface area contributed by atoms with Gasteiger partial charge in [0.05, 0.1) is 23.9 Å². The van der Waals surface area contributed by atoms with Crippen molar-refractivity contribution >= 4 is 44.5 Å². The van der Waals surface area contributed by atoms with Gasteiger partial charge in [0.25, 0.3) is 11.8 Å². The number of amides is 4. The van der Waals surface area contributed by atoms with Crippen LogP contribution in [-0.2, 0) is 11.3 Å². The molecule has 33 heavy (non-hydrogen) atoms. The zero-order chi connectivity index (χ0) is 23.2. The van der Waals surface area contributed by atoms with E-state index in [1.54, 1.807) is 19.2 Å². The van der Waals surface area contributed by atoms with E-state index in [4.69, 9.17) is 4.74 Å². The highest BCUT2D eigenvalue weighted by Crippen LogP contribution is 2.29. The lowest BCUT2D eigenvalue weighted by Gasteiger charge is -2.26. The van der Waals surface area contributed by atoms with Crippen LogP contribution in [0.1, 0.15) is 21.5 Å². The number of anilines is 1. The molecule has 1 aromatic heterocycles. The van der Waals surface area contributed by atoms with Crippen LogP contribution >= 0.6 is 11.3 Å². The van der Waals surface area contributed by atoms with Gasteiger partial charge >= 0.3 is 6.03 Å². The molecule has 0 radical (unpaired) electrons. The number of fused-ring (bicyclic) bond motifs is 2. The van der Waals surface area contributed by atoms with Crippen molar-refractivity contribution in [2.75, 3.05) is 26.0 Å². The summed E-state index contributed by atoms with van der Waals surface area (Å²) in [5.74, 6) is 5.64. The highest BCUT2D eigenvalue weighted by atomic mass is 32.1. The average molecular weight is 462 g/mol. The number of rotatable bonds is 4. The number of methoxy groups -OCH3 is 1. The zero-order valence-corrected chi connectivity index (χ0v) is 18.6. The summed E-state index contributed by atoms with van der Waals surface area (Å²) in [5.41, 5.74) is 1.19. The van der Waals surface area contributed by atoms with E-state index in [-0.39, 0.29) is 12.5 Å². The standard InChI is InChI=1S/C23H19N5O4S/c1-24-22-25-17-9-13(3-6-18(17)33-22)7-8-23(20(30)26-21(31)27-23)12-28-11-14-4-5-15(32-2)10-16(14)19(28)29/h3-6,9-10H,11-12H2,1-2H3,(H,24,25)(H2,26,27,30,31)/t23-/m1/s1. The van der Waals surface area contributed by atoms with Crippen molar-refractivity contribution in [3.05, 3.63) is 53.1 Å². The minimum atomic E-state index is -1.56. The molecule has 2 aromatic carbocycles. The van der Waals surface area contributed by atoms with Crippen molar-refractivity contribution in [2.45, 2.75) is 12.1 Å². The van der Waals surface area contributed by atoms with Gasteiger partial charge in [0.2, 0.25) is 5.54 Å². The third-order valence-electron chi connectivity index (χ3n) is 5.59. The molecule has 4 amide bonds. The number of aromatic nitrogens is 1. The van der Waals surface area contributed by atoms with Crippen LogP contribution in [0.15, 0.2) is 36.4 Å². The number of nitrogens with zero attached hydrogens (tertiary/aromatic N) is 2. The Bertz CT molecular complexity index is 1390. The fraction of sp³-hybridized carbons (Fsp3) is 0.217. The summed E-state index contributed by atoms with van der Waals surface area (Å²) >= 11 is 1.52. The highest BCUT2D eigenvalue weighted by molar-refractivity contribution is 7.22. The first kappa shape index (κ1) is 20.8. The Hall–Kier alpha value is -4.10. The normalized spacial score (nSPS) is 19.1. The van der Waals surface area contributed by atoms with E-state index in [2.05, 4.69) is 32.8 Å². The molecule has 3 aromatic rings. The van der Waals surface area contributed by atoms with Crippen LogP contribution < -0.4 is 20.7 Å². The summed E-state index contributed by atoms with van der Waals surface area (Å²) < 4.78 is 6.21. The molecule has 2 aliphatic heterocycles. The lowest BCUT2D eigenvalue weighted by atomic mass is 9.99. The minimum absolute atomic E-state index is 0.0871. The topological polar surface area (TPSA) is 113 Å². The summed E-state index contributed by atoms with van der Waals surface area (Å²) in [6.45, 7) is 0.221. The van der Waals surface area contributed by atoms with Crippen LogP contribution in [-0.4, -0.2) is 54.0 Å². The van der Waals surface area contributed by atoms with Gasteiger partial charge in [-0.05, 0) is 35.9 Å². The second-order valence-electron chi connectivity index (χ2n) is 7.70. The molecular weight excluding hydrogens is 442 g/mol. The second kappa shape index (κ2) is 7.79. The van der Waals surface area contributed by atoms with Crippen molar-refractivity contribution in [3.8, 4) is 17.6 Å². The van der Waals surface area contributed by atoms with E-state index >= 15 is 0 Å². The fourth-order valence-electron chi connectivity index (χ4n) is 3.90. The van der Waals surface area contributed by atoms with Gasteiger partial charge < -0.3 is 20.3 Å². The molecule has 0 saturated carbocycles. The van der Waals surface area contributed by atoms with Gasteiger partial charge in [-0.3, -0.25) is 14.9 Å². The van der Waals surface area contributed by atoms with Gasteiger partial charge in [-0.2, -0.15) is 0 Å². The molecule has 1 saturated heterocycles. The first-order valence-electron chi connectivity index (χ1n) is 10.1. The summed E-state index contributed by atoms with van der Waals surface area (Å²) in [7, 11) is 3.34. The first-order valence-corrected chi connectivity index (χ1v) is 10.9. The predicted octanol–water partition coefficient (Wildman–Crippen LogP) is 1.93. The van der Waals surface area contributed by atoms with Crippen molar-refractivity contribution in [3.63, 3.8) is 0 Å². The van der Waals surface area contributed by atoms with Crippen molar-refractivity contribution in [1.29, 1.82) is 0 Å². The number of hydrogen-bond acceptors (Lipinski definition) is 7. The van der Waals surface area contributed by atoms with Crippen LogP contribution in [0, 0.1) is 11.8 Å². The molecular formula is C23H19N5O4S. The lowest BCUT2D eigenvalue weighted by molar-refractivity contribution is -0.122. The quantitative estimate of drug-likeness (QED) is 0.404. The molecule has 0 bridgehead atoms. The van der Waals surface area contributed by atoms with Gasteiger partial charge in [0.1, 0.15) is 5.75 Å². The Morgan fingerprint density at radius 2 is 2.09 bits per heavy atom. The molecule has 166 valence electrons. The number of carbonyl (C=O) groups excluding carboxylic acids is 3. The molecule has 3 N–H and O–H groups in total. The van der Waals surface area contributed by atoms with Gasteiger partial charge in [0, 0.05) is 24.7 Å². The van der Waals surface area contributed by atoms with Crippen LogP contribution in [0.2, 0.25) is 0 Å². The van der Waals surface area contributed by atoms with Crippen LogP contribution in [0.4, 0.5) is 9.93 Å². The van der Waals surface area contributed by atoms with Crippen molar-refractivity contribution < 1.29 is 19.1 Å². The first-order chi connectivity index (χ1) is 15.9. The van der Waals surface area contributed by atoms with E-state index in [9.17, 15) is 14.4 Å². The molecule has 1 fully saturated rings. The minimum Gasteiger partial charge on any atom is -0.497 e. The van der Waals surface area contributed by atoms with E-state index < -0.39 is 17.5 Å². The molecule has 2 aliphatic rings. The summed E-state index contributed by atoms with van der Waals surface area (Å²) in [6, 6.07) is 10.2. The highest BCUT2D eigenvalue weighted by Gasteiger charge is 2.48. The third kappa shape index (κ3) is 3.62. The zero-order valence-electron chi connectivity index (χ0n) is 17.8. The van der Waals surface area contributed by atoms with E-state index in [1.807, 2.05) is 24.3 Å². The number of hydrogen-bond donors (Lipinski definition) is 3. The number of thiazole rings is 1. The maximum atomic E-state index is 13.0. The second-order valence-corrected chi connectivity index (χ2v) is 8.73. The van der Waals surface area contributed by atoms with Crippen LogP contribution in [0.3, 0.4) is 0 Å². The molecule has 0 aliphatic carbocycles. The summed E-state index contributed by atoms with van der Waals surface area (Å²) in [6.07, 6.45) is 0.